The Labute approximate surface area is 291 Å². The number of benzene rings is 2. The number of ether oxygens (including phenoxy) is 1. The van der Waals surface area contributed by atoms with E-state index >= 15 is 0 Å². The highest BCUT2D eigenvalue weighted by Gasteiger charge is 2.48. The lowest BCUT2D eigenvalue weighted by atomic mass is 9.79. The molecule has 3 fully saturated rings. The van der Waals surface area contributed by atoms with Crippen molar-refractivity contribution >= 4 is 40.2 Å². The monoisotopic (exact) mass is 684 g/mol. The normalized spacial score (nSPS) is 21.9. The Hall–Kier alpha value is -4.15. The number of likely N-dealkylation sites (tertiary alicyclic amines) is 2. The number of halogens is 1. The molecule has 1 saturated carbocycles. The number of rotatable bonds is 10. The standard InChI is InChI=1S/C38H45ClN6O4/c1-24(49-23-25-8-4-2-5-9-25)17-41-37(47)32-22-44(36(46)14-27-18-40-34-15-29(39)12-13-30(27)34)19-28-20-45(21-31(28)32)38(48)35-16-33(42-43-35)26-10-6-3-7-11-26/h3,6-7,10-13,15-16,18,24-25,28,31-32,40H,2,4-5,8-9,14,17,19-23H2,1H3,(H,41,47)(H,42,43)/t24-,28?,31?,32?/m1/s1. The Bertz CT molecular complexity index is 1780. The second-order valence-electron chi connectivity index (χ2n) is 14.1. The summed E-state index contributed by atoms with van der Waals surface area (Å²) in [6.45, 7) is 4.84. The molecule has 10 nitrogen and oxygen atoms in total. The van der Waals surface area contributed by atoms with Crippen molar-refractivity contribution < 1.29 is 19.1 Å². The maximum atomic E-state index is 13.9. The van der Waals surface area contributed by atoms with Gasteiger partial charge in [0.05, 0.1) is 24.1 Å². The predicted molar refractivity (Wildman–Crippen MR) is 189 cm³/mol. The number of carbonyl (C=O) groups is 3. The summed E-state index contributed by atoms with van der Waals surface area (Å²) in [5, 5.41) is 12.0. The Kier molecular flexibility index (Phi) is 10.0. The number of hydrogen-bond acceptors (Lipinski definition) is 5. The molecule has 2 aromatic carbocycles. The van der Waals surface area contributed by atoms with Crippen LogP contribution < -0.4 is 5.32 Å². The number of carbonyl (C=O) groups excluding carboxylic acids is 3. The molecule has 4 atom stereocenters. The van der Waals surface area contributed by atoms with Gasteiger partial charge in [-0.3, -0.25) is 19.5 Å². The molecule has 0 bridgehead atoms. The van der Waals surface area contributed by atoms with Crippen molar-refractivity contribution in [1.82, 2.24) is 30.3 Å². The molecule has 2 aliphatic heterocycles. The summed E-state index contributed by atoms with van der Waals surface area (Å²) >= 11 is 6.18. The van der Waals surface area contributed by atoms with Gasteiger partial charge in [0.2, 0.25) is 11.8 Å². The van der Waals surface area contributed by atoms with Crippen molar-refractivity contribution in [2.75, 3.05) is 39.3 Å². The van der Waals surface area contributed by atoms with Crippen molar-refractivity contribution in [2.24, 2.45) is 23.7 Å². The molecule has 3 aliphatic rings. The highest BCUT2D eigenvalue weighted by atomic mass is 35.5. The molecule has 3 N–H and O–H groups in total. The van der Waals surface area contributed by atoms with E-state index in [0.717, 1.165) is 28.6 Å². The summed E-state index contributed by atoms with van der Waals surface area (Å²) in [5.41, 5.74) is 3.81. The molecule has 2 aromatic heterocycles. The molecule has 11 heteroatoms. The third-order valence-corrected chi connectivity index (χ3v) is 10.9. The average molecular weight is 685 g/mol. The number of amides is 3. The van der Waals surface area contributed by atoms with Crippen LogP contribution in [0.15, 0.2) is 60.8 Å². The van der Waals surface area contributed by atoms with Gasteiger partial charge in [-0.2, -0.15) is 5.10 Å². The van der Waals surface area contributed by atoms with Gasteiger partial charge in [-0.05, 0) is 61.3 Å². The smallest absolute Gasteiger partial charge is 0.271 e. The number of fused-ring (bicyclic) bond motifs is 2. The number of nitrogens with zero attached hydrogens (tertiary/aromatic N) is 3. The summed E-state index contributed by atoms with van der Waals surface area (Å²) in [6, 6.07) is 17.1. The second-order valence-corrected chi connectivity index (χ2v) is 14.6. The lowest BCUT2D eigenvalue weighted by Gasteiger charge is -2.39. The van der Waals surface area contributed by atoms with Crippen LogP contribution in [0.5, 0.6) is 0 Å². The quantitative estimate of drug-likeness (QED) is 0.198. The number of piperidine rings is 1. The number of nitrogens with one attached hydrogen (secondary N) is 3. The number of aromatic nitrogens is 3. The second kappa shape index (κ2) is 14.8. The van der Waals surface area contributed by atoms with Crippen molar-refractivity contribution in [1.29, 1.82) is 0 Å². The lowest BCUT2D eigenvalue weighted by molar-refractivity contribution is -0.138. The fourth-order valence-corrected chi connectivity index (χ4v) is 8.12. The van der Waals surface area contributed by atoms with E-state index in [1.807, 2.05) is 71.5 Å². The van der Waals surface area contributed by atoms with Gasteiger partial charge in [-0.25, -0.2) is 0 Å². The summed E-state index contributed by atoms with van der Waals surface area (Å²) in [6.07, 6.45) is 8.21. The van der Waals surface area contributed by atoms with Gasteiger partial charge in [0, 0.05) is 67.0 Å². The zero-order chi connectivity index (χ0) is 33.9. The molecule has 0 spiro atoms. The van der Waals surface area contributed by atoms with Crippen LogP contribution in [-0.4, -0.2) is 88.1 Å². The van der Waals surface area contributed by atoms with Gasteiger partial charge in [0.15, 0.2) is 0 Å². The van der Waals surface area contributed by atoms with E-state index < -0.39 is 5.92 Å². The molecule has 2 saturated heterocycles. The largest absolute Gasteiger partial charge is 0.376 e. The first-order valence-electron chi connectivity index (χ1n) is 17.6. The third-order valence-electron chi connectivity index (χ3n) is 10.7. The fourth-order valence-electron chi connectivity index (χ4n) is 7.95. The van der Waals surface area contributed by atoms with E-state index in [9.17, 15) is 14.4 Å². The minimum absolute atomic E-state index is 0.0318. The summed E-state index contributed by atoms with van der Waals surface area (Å²) in [7, 11) is 0. The number of aromatic amines is 2. The first kappa shape index (κ1) is 33.4. The molecule has 1 aliphatic carbocycles. The highest BCUT2D eigenvalue weighted by Crippen LogP contribution is 2.37. The van der Waals surface area contributed by atoms with E-state index in [1.54, 1.807) is 6.07 Å². The Morgan fingerprint density at radius 1 is 1.00 bits per heavy atom. The molecule has 4 aromatic rings. The van der Waals surface area contributed by atoms with Gasteiger partial charge in [0.25, 0.3) is 5.91 Å². The minimum atomic E-state index is -0.450. The zero-order valence-corrected chi connectivity index (χ0v) is 28.8. The molecule has 7 rings (SSSR count). The lowest BCUT2D eigenvalue weighted by Crippen LogP contribution is -2.54. The van der Waals surface area contributed by atoms with Crippen LogP contribution in [-0.2, 0) is 20.7 Å². The summed E-state index contributed by atoms with van der Waals surface area (Å²) in [5.74, 6) is -0.237. The van der Waals surface area contributed by atoms with Gasteiger partial charge < -0.3 is 24.8 Å². The highest BCUT2D eigenvalue weighted by molar-refractivity contribution is 6.31. The fraction of sp³-hybridized carbons (Fsp3) is 0.474. The summed E-state index contributed by atoms with van der Waals surface area (Å²) in [4.78, 5) is 48.4. The van der Waals surface area contributed by atoms with Crippen LogP contribution in [0.25, 0.3) is 22.2 Å². The number of hydrogen-bond donors (Lipinski definition) is 3. The van der Waals surface area contributed by atoms with Crippen molar-refractivity contribution in [3.63, 3.8) is 0 Å². The van der Waals surface area contributed by atoms with Crippen LogP contribution in [0.4, 0.5) is 0 Å². The molecular formula is C38H45ClN6O4. The molecule has 258 valence electrons. The SMILES string of the molecule is C[C@H](CNC(=O)C1CN(C(=O)Cc2c[nH]c3cc(Cl)ccc23)CC2CN(C(=O)c3cc(-c4ccccc4)n[nH]3)CC21)OCC1CCCCC1. The Balaban J connectivity index is 1.05. The van der Waals surface area contributed by atoms with E-state index in [0.29, 0.717) is 55.1 Å². The molecule has 0 radical (unpaired) electrons. The van der Waals surface area contributed by atoms with Gasteiger partial charge in [-0.15, -0.1) is 0 Å². The first-order chi connectivity index (χ1) is 23.8. The van der Waals surface area contributed by atoms with Crippen molar-refractivity contribution in [3.8, 4) is 11.3 Å². The Morgan fingerprint density at radius 2 is 1.80 bits per heavy atom. The van der Waals surface area contributed by atoms with Crippen LogP contribution in [0.3, 0.4) is 0 Å². The van der Waals surface area contributed by atoms with Crippen LogP contribution in [0.1, 0.15) is 55.1 Å². The molecule has 3 amide bonds. The maximum absolute atomic E-state index is 13.9. The summed E-state index contributed by atoms with van der Waals surface area (Å²) < 4.78 is 6.15. The third kappa shape index (κ3) is 7.55. The topological polar surface area (TPSA) is 123 Å². The first-order valence-corrected chi connectivity index (χ1v) is 18.0. The predicted octanol–water partition coefficient (Wildman–Crippen LogP) is 5.70. The maximum Gasteiger partial charge on any atom is 0.271 e. The van der Waals surface area contributed by atoms with E-state index in [1.165, 1.54) is 32.1 Å². The van der Waals surface area contributed by atoms with Gasteiger partial charge in [0.1, 0.15) is 5.69 Å². The number of H-pyrrole nitrogens is 2. The molecule has 49 heavy (non-hydrogen) atoms. The van der Waals surface area contributed by atoms with Crippen LogP contribution in [0, 0.1) is 23.7 Å². The van der Waals surface area contributed by atoms with Crippen LogP contribution >= 0.6 is 11.6 Å². The Morgan fingerprint density at radius 3 is 2.61 bits per heavy atom. The van der Waals surface area contributed by atoms with E-state index in [-0.39, 0.29) is 42.1 Å². The van der Waals surface area contributed by atoms with Crippen molar-refractivity contribution in [3.05, 3.63) is 77.1 Å². The minimum Gasteiger partial charge on any atom is -0.376 e. The zero-order valence-electron chi connectivity index (χ0n) is 28.0. The average Bonchev–Trinajstić information content (AvgIpc) is 3.89. The molecule has 4 heterocycles. The van der Waals surface area contributed by atoms with E-state index in [2.05, 4.69) is 20.5 Å². The van der Waals surface area contributed by atoms with Crippen molar-refractivity contribution in [2.45, 2.75) is 51.6 Å². The van der Waals surface area contributed by atoms with Gasteiger partial charge >= 0.3 is 0 Å². The molecule has 3 unspecified atom stereocenters. The molecular weight excluding hydrogens is 640 g/mol. The van der Waals surface area contributed by atoms with Crippen LogP contribution in [0.2, 0.25) is 5.02 Å². The van der Waals surface area contributed by atoms with E-state index in [4.69, 9.17) is 16.3 Å². The van der Waals surface area contributed by atoms with Gasteiger partial charge in [-0.1, -0.05) is 67.3 Å².